The van der Waals surface area contributed by atoms with Gasteiger partial charge in [-0.1, -0.05) is 29.9 Å². The monoisotopic (exact) mass is 282 g/mol. The lowest BCUT2D eigenvalue weighted by Gasteiger charge is -2.17. The van der Waals surface area contributed by atoms with E-state index in [0.29, 0.717) is 0 Å². The number of rotatable bonds is 4. The predicted molar refractivity (Wildman–Crippen MR) is 87.7 cm³/mol. The number of nitrogens with zero attached hydrogens (tertiary/aromatic N) is 1. The Morgan fingerprint density at radius 1 is 1.10 bits per heavy atom. The van der Waals surface area contributed by atoms with Crippen molar-refractivity contribution < 1.29 is 4.74 Å². The maximum Gasteiger partial charge on any atom is 0.115 e. The number of hydrogen-bond donors (Lipinski definition) is 0. The zero-order valence-electron chi connectivity index (χ0n) is 12.8. The highest BCUT2D eigenvalue weighted by molar-refractivity contribution is 5.50. The Morgan fingerprint density at radius 2 is 1.95 bits per heavy atom. The van der Waals surface area contributed by atoms with Crippen molar-refractivity contribution in [2.45, 2.75) is 26.2 Å². The van der Waals surface area contributed by atoms with E-state index in [9.17, 15) is 0 Å². The van der Waals surface area contributed by atoms with Gasteiger partial charge in [0.1, 0.15) is 12.4 Å². The van der Waals surface area contributed by atoms with Gasteiger partial charge in [-0.15, -0.1) is 0 Å². The first-order valence-electron chi connectivity index (χ1n) is 7.97. The molecular formula is C19H24NO. The van der Waals surface area contributed by atoms with Crippen LogP contribution in [-0.2, 0) is 4.74 Å². The quantitative estimate of drug-likeness (QED) is 0.774. The molecule has 2 heteroatoms. The van der Waals surface area contributed by atoms with Crippen molar-refractivity contribution in [2.24, 2.45) is 0 Å². The highest BCUT2D eigenvalue weighted by Crippen LogP contribution is 2.25. The topological polar surface area (TPSA) is 12.5 Å². The Kier molecular flexibility index (Phi) is 4.76. The fourth-order valence-corrected chi connectivity index (χ4v) is 2.92. The Bertz CT molecular complexity index is 528. The first-order chi connectivity index (χ1) is 10.3. The Hall–Kier alpha value is -1.54. The first kappa shape index (κ1) is 14.4. The van der Waals surface area contributed by atoms with Crippen LogP contribution in [0.3, 0.4) is 0 Å². The van der Waals surface area contributed by atoms with E-state index < -0.39 is 0 Å². The minimum atomic E-state index is 0.802. The van der Waals surface area contributed by atoms with Gasteiger partial charge in [-0.05, 0) is 62.6 Å². The summed E-state index contributed by atoms with van der Waals surface area (Å²) in [7, 11) is 0. The van der Waals surface area contributed by atoms with Gasteiger partial charge in [-0.2, -0.15) is 0 Å². The summed E-state index contributed by atoms with van der Waals surface area (Å²) < 4.78 is 5.87. The largest absolute Gasteiger partial charge is 0.493 e. The van der Waals surface area contributed by atoms with Crippen LogP contribution in [0, 0.1) is 6.42 Å². The molecule has 0 aromatic rings. The summed E-state index contributed by atoms with van der Waals surface area (Å²) in [6.07, 6.45) is 18.9. The van der Waals surface area contributed by atoms with Crippen LogP contribution in [0.15, 0.2) is 58.9 Å². The molecule has 0 bridgehead atoms. The lowest BCUT2D eigenvalue weighted by Crippen LogP contribution is -2.23. The average molecular weight is 282 g/mol. The van der Waals surface area contributed by atoms with E-state index in [1.807, 2.05) is 0 Å². The molecule has 2 aliphatic carbocycles. The third-order valence-electron chi connectivity index (χ3n) is 4.27. The van der Waals surface area contributed by atoms with Crippen LogP contribution >= 0.6 is 0 Å². The Morgan fingerprint density at radius 3 is 2.62 bits per heavy atom. The SMILES string of the molecule is CC1=C[CH]/C(=C2/C=CC(OCCN3CCCC3)=CC2)C=C1. The third-order valence-corrected chi connectivity index (χ3v) is 4.27. The lowest BCUT2D eigenvalue weighted by atomic mass is 9.94. The number of likely N-dealkylation sites (tertiary alicyclic amines) is 1. The van der Waals surface area contributed by atoms with Gasteiger partial charge in [0.05, 0.1) is 0 Å². The van der Waals surface area contributed by atoms with Crippen LogP contribution in [0.2, 0.25) is 0 Å². The van der Waals surface area contributed by atoms with Gasteiger partial charge >= 0.3 is 0 Å². The second-order valence-electron chi connectivity index (χ2n) is 5.93. The van der Waals surface area contributed by atoms with Crippen LogP contribution in [-0.4, -0.2) is 31.1 Å². The molecule has 0 N–H and O–H groups in total. The molecule has 0 amide bonds. The molecule has 0 spiro atoms. The lowest BCUT2D eigenvalue weighted by molar-refractivity contribution is 0.179. The summed E-state index contributed by atoms with van der Waals surface area (Å²) in [5.74, 6) is 1.02. The van der Waals surface area contributed by atoms with E-state index in [-0.39, 0.29) is 0 Å². The van der Waals surface area contributed by atoms with E-state index >= 15 is 0 Å². The zero-order valence-corrected chi connectivity index (χ0v) is 12.8. The molecule has 3 rings (SSSR count). The highest BCUT2D eigenvalue weighted by Gasteiger charge is 2.12. The average Bonchev–Trinajstić information content (AvgIpc) is 3.02. The van der Waals surface area contributed by atoms with Gasteiger partial charge < -0.3 is 4.74 Å². The molecule has 21 heavy (non-hydrogen) atoms. The standard InChI is InChI=1S/C19H24NO/c1-16-4-6-17(7-5-16)18-8-10-19(11-9-18)21-15-14-20-12-2-3-13-20/h4-8,10-11H,2-3,9,12-15H2,1H3. The second kappa shape index (κ2) is 6.95. The molecule has 0 aromatic heterocycles. The molecule has 1 fully saturated rings. The highest BCUT2D eigenvalue weighted by atomic mass is 16.5. The smallest absolute Gasteiger partial charge is 0.115 e. The van der Waals surface area contributed by atoms with Crippen molar-refractivity contribution in [2.75, 3.05) is 26.2 Å². The van der Waals surface area contributed by atoms with E-state index in [1.165, 1.54) is 42.7 Å². The number of hydrogen-bond acceptors (Lipinski definition) is 2. The molecule has 0 saturated carbocycles. The fourth-order valence-electron chi connectivity index (χ4n) is 2.92. The maximum absolute atomic E-state index is 5.87. The van der Waals surface area contributed by atoms with Crippen molar-refractivity contribution in [1.82, 2.24) is 4.90 Å². The van der Waals surface area contributed by atoms with Crippen molar-refractivity contribution >= 4 is 0 Å². The Labute approximate surface area is 128 Å². The van der Waals surface area contributed by atoms with Gasteiger partial charge in [-0.25, -0.2) is 0 Å². The molecular weight excluding hydrogens is 258 g/mol. The van der Waals surface area contributed by atoms with E-state index in [4.69, 9.17) is 4.74 Å². The number of allylic oxidation sites excluding steroid dienone is 9. The molecule has 3 aliphatic rings. The molecule has 0 aromatic carbocycles. The maximum atomic E-state index is 5.87. The molecule has 1 heterocycles. The number of ether oxygens (including phenoxy) is 1. The normalized spacial score (nSPS) is 26.0. The van der Waals surface area contributed by atoms with E-state index in [1.54, 1.807) is 0 Å². The Balaban J connectivity index is 1.47. The molecule has 2 nitrogen and oxygen atoms in total. The van der Waals surface area contributed by atoms with Crippen LogP contribution in [0.4, 0.5) is 0 Å². The third kappa shape index (κ3) is 3.98. The molecule has 111 valence electrons. The van der Waals surface area contributed by atoms with Gasteiger partial charge in [0, 0.05) is 13.0 Å². The van der Waals surface area contributed by atoms with E-state index in [0.717, 1.165) is 25.3 Å². The fraction of sp³-hybridized carbons (Fsp3) is 0.421. The van der Waals surface area contributed by atoms with Gasteiger partial charge in [0.15, 0.2) is 0 Å². The van der Waals surface area contributed by atoms with Crippen LogP contribution < -0.4 is 0 Å². The zero-order chi connectivity index (χ0) is 14.5. The summed E-state index contributed by atoms with van der Waals surface area (Å²) >= 11 is 0. The van der Waals surface area contributed by atoms with Crippen LogP contribution in [0.5, 0.6) is 0 Å². The van der Waals surface area contributed by atoms with Gasteiger partial charge in [-0.3, -0.25) is 4.90 Å². The van der Waals surface area contributed by atoms with Crippen molar-refractivity contribution in [3.05, 3.63) is 65.4 Å². The summed E-state index contributed by atoms with van der Waals surface area (Å²) in [5.41, 5.74) is 3.98. The molecule has 0 atom stereocenters. The van der Waals surface area contributed by atoms with Gasteiger partial charge in [0.2, 0.25) is 0 Å². The molecule has 1 radical (unpaired) electrons. The molecule has 1 aliphatic heterocycles. The van der Waals surface area contributed by atoms with Crippen LogP contribution in [0.25, 0.3) is 0 Å². The van der Waals surface area contributed by atoms with Crippen LogP contribution in [0.1, 0.15) is 26.2 Å². The summed E-state index contributed by atoms with van der Waals surface area (Å²) in [4.78, 5) is 2.48. The summed E-state index contributed by atoms with van der Waals surface area (Å²) in [6.45, 7) is 6.46. The minimum absolute atomic E-state index is 0.802. The summed E-state index contributed by atoms with van der Waals surface area (Å²) in [5, 5.41) is 0. The minimum Gasteiger partial charge on any atom is -0.493 e. The first-order valence-corrected chi connectivity index (χ1v) is 7.97. The van der Waals surface area contributed by atoms with Crippen molar-refractivity contribution in [3.8, 4) is 0 Å². The second-order valence-corrected chi connectivity index (χ2v) is 5.93. The predicted octanol–water partition coefficient (Wildman–Crippen LogP) is 3.96. The summed E-state index contributed by atoms with van der Waals surface area (Å²) in [6, 6.07) is 0. The van der Waals surface area contributed by atoms with Crippen molar-refractivity contribution in [3.63, 3.8) is 0 Å². The molecule has 0 unspecified atom stereocenters. The molecule has 1 saturated heterocycles. The van der Waals surface area contributed by atoms with E-state index in [2.05, 4.69) is 54.7 Å². The van der Waals surface area contributed by atoms with Gasteiger partial charge in [0.25, 0.3) is 0 Å². The van der Waals surface area contributed by atoms with Crippen molar-refractivity contribution in [1.29, 1.82) is 0 Å².